The SMILES string of the molecule is COc1nc(C2CC2)nc(OC(C)C)c1CO[C@H]1CCCN[C@H]1c1ccccc1.Cl. The smallest absolute Gasteiger partial charge is 0.226 e. The van der Waals surface area contributed by atoms with Crippen LogP contribution in [0.15, 0.2) is 30.3 Å². The number of rotatable bonds is 8. The highest BCUT2D eigenvalue weighted by molar-refractivity contribution is 5.85. The summed E-state index contributed by atoms with van der Waals surface area (Å²) in [7, 11) is 1.65. The average molecular weight is 434 g/mol. The van der Waals surface area contributed by atoms with E-state index in [1.54, 1.807) is 7.11 Å². The standard InChI is InChI=1S/C23H31N3O3.ClH/c1-15(2)29-23-18(22(27-3)25-21(26-23)17-11-12-17)14-28-19-10-7-13-24-20(19)16-8-5-4-6-9-16;/h4-6,8-9,15,17,19-20,24H,7,10-14H2,1-3H3;1H/t19-,20-;/m0./s1. The van der Waals surface area contributed by atoms with Crippen molar-refractivity contribution in [2.75, 3.05) is 13.7 Å². The van der Waals surface area contributed by atoms with E-state index in [-0.39, 0.29) is 30.7 Å². The van der Waals surface area contributed by atoms with Crippen LogP contribution in [0.5, 0.6) is 11.8 Å². The van der Waals surface area contributed by atoms with Gasteiger partial charge in [-0.15, -0.1) is 12.4 Å². The molecule has 0 radical (unpaired) electrons. The number of nitrogens with one attached hydrogen (secondary N) is 1. The minimum absolute atomic E-state index is 0. The van der Waals surface area contributed by atoms with Crippen LogP contribution in [0.3, 0.4) is 0 Å². The molecular weight excluding hydrogens is 402 g/mol. The van der Waals surface area contributed by atoms with E-state index in [4.69, 9.17) is 19.2 Å². The van der Waals surface area contributed by atoms with E-state index in [0.29, 0.717) is 24.3 Å². The summed E-state index contributed by atoms with van der Waals surface area (Å²) < 4.78 is 18.1. The lowest BCUT2D eigenvalue weighted by atomic mass is 9.94. The van der Waals surface area contributed by atoms with Gasteiger partial charge in [0.05, 0.1) is 32.0 Å². The predicted octanol–water partition coefficient (Wildman–Crippen LogP) is 4.58. The van der Waals surface area contributed by atoms with Crippen LogP contribution in [0.25, 0.3) is 0 Å². The number of hydrogen-bond acceptors (Lipinski definition) is 6. The Kier molecular flexibility index (Phi) is 7.92. The van der Waals surface area contributed by atoms with Crippen LogP contribution in [0.1, 0.15) is 68.4 Å². The topological polar surface area (TPSA) is 65.5 Å². The minimum Gasteiger partial charge on any atom is -0.481 e. The van der Waals surface area contributed by atoms with E-state index in [1.807, 2.05) is 19.9 Å². The number of ether oxygens (including phenoxy) is 3. The van der Waals surface area contributed by atoms with Gasteiger partial charge in [-0.25, -0.2) is 0 Å². The zero-order chi connectivity index (χ0) is 20.2. The fourth-order valence-electron chi connectivity index (χ4n) is 3.82. The van der Waals surface area contributed by atoms with Crippen molar-refractivity contribution in [3.63, 3.8) is 0 Å². The van der Waals surface area contributed by atoms with Crippen LogP contribution < -0.4 is 14.8 Å². The molecule has 2 fully saturated rings. The number of hydrogen-bond donors (Lipinski definition) is 1. The predicted molar refractivity (Wildman–Crippen MR) is 119 cm³/mol. The molecule has 30 heavy (non-hydrogen) atoms. The molecule has 2 aromatic rings. The molecule has 0 bridgehead atoms. The minimum atomic E-state index is 0. The van der Waals surface area contributed by atoms with Crippen molar-refractivity contribution in [1.82, 2.24) is 15.3 Å². The molecule has 1 aliphatic heterocycles. The Hall–Kier alpha value is -1.89. The first-order chi connectivity index (χ1) is 14.2. The molecule has 7 heteroatoms. The quantitative estimate of drug-likeness (QED) is 0.657. The van der Waals surface area contributed by atoms with Gasteiger partial charge in [0.1, 0.15) is 11.4 Å². The average Bonchev–Trinajstić information content (AvgIpc) is 3.58. The van der Waals surface area contributed by atoms with Gasteiger partial charge in [-0.3, -0.25) is 0 Å². The second kappa shape index (κ2) is 10.4. The Morgan fingerprint density at radius 3 is 2.47 bits per heavy atom. The molecule has 2 atom stereocenters. The molecule has 1 aromatic carbocycles. The van der Waals surface area contributed by atoms with Gasteiger partial charge in [0, 0.05) is 5.92 Å². The van der Waals surface area contributed by atoms with Crippen LogP contribution >= 0.6 is 12.4 Å². The van der Waals surface area contributed by atoms with Crippen LogP contribution in [-0.4, -0.2) is 35.8 Å². The Morgan fingerprint density at radius 2 is 1.80 bits per heavy atom. The van der Waals surface area contributed by atoms with Crippen molar-refractivity contribution < 1.29 is 14.2 Å². The largest absolute Gasteiger partial charge is 0.481 e. The molecule has 0 spiro atoms. The summed E-state index contributed by atoms with van der Waals surface area (Å²) in [6, 6.07) is 10.7. The molecule has 6 nitrogen and oxygen atoms in total. The first-order valence-electron chi connectivity index (χ1n) is 10.7. The number of aromatic nitrogens is 2. The summed E-state index contributed by atoms with van der Waals surface area (Å²) >= 11 is 0. The summed E-state index contributed by atoms with van der Waals surface area (Å²) in [5.41, 5.74) is 2.05. The maximum atomic E-state index is 6.41. The Bertz CT molecular complexity index is 815. The molecule has 1 aromatic heterocycles. The highest BCUT2D eigenvalue weighted by atomic mass is 35.5. The zero-order valence-electron chi connectivity index (χ0n) is 18.0. The lowest BCUT2D eigenvalue weighted by molar-refractivity contribution is -0.00588. The fraction of sp³-hybridized carbons (Fsp3) is 0.565. The number of methoxy groups -OCH3 is 1. The summed E-state index contributed by atoms with van der Waals surface area (Å²) in [5.74, 6) is 2.41. The van der Waals surface area contributed by atoms with E-state index in [9.17, 15) is 0 Å². The molecular formula is C23H32ClN3O3. The van der Waals surface area contributed by atoms with Crippen LogP contribution in [0.2, 0.25) is 0 Å². The van der Waals surface area contributed by atoms with Gasteiger partial charge < -0.3 is 19.5 Å². The molecule has 1 N–H and O–H groups in total. The van der Waals surface area contributed by atoms with Crippen molar-refractivity contribution in [2.45, 2.75) is 70.3 Å². The normalized spacial score (nSPS) is 21.2. The first-order valence-corrected chi connectivity index (χ1v) is 10.7. The van der Waals surface area contributed by atoms with Gasteiger partial charge in [0.15, 0.2) is 0 Å². The first kappa shape index (κ1) is 22.8. The van der Waals surface area contributed by atoms with Crippen molar-refractivity contribution in [1.29, 1.82) is 0 Å². The molecule has 164 valence electrons. The summed E-state index contributed by atoms with van der Waals surface area (Å²) in [4.78, 5) is 9.37. The van der Waals surface area contributed by atoms with Crippen molar-refractivity contribution in [3.8, 4) is 11.8 Å². The molecule has 0 unspecified atom stereocenters. The Balaban J connectivity index is 0.00000256. The van der Waals surface area contributed by atoms with Gasteiger partial charge in [-0.2, -0.15) is 9.97 Å². The van der Waals surface area contributed by atoms with E-state index in [1.165, 1.54) is 5.56 Å². The van der Waals surface area contributed by atoms with Gasteiger partial charge in [0.2, 0.25) is 11.8 Å². The lowest BCUT2D eigenvalue weighted by Gasteiger charge is -2.33. The number of halogens is 1. The number of nitrogens with zero attached hydrogens (tertiary/aromatic N) is 2. The van der Waals surface area contributed by atoms with E-state index >= 15 is 0 Å². The van der Waals surface area contributed by atoms with Crippen LogP contribution in [0.4, 0.5) is 0 Å². The van der Waals surface area contributed by atoms with Gasteiger partial charge in [-0.1, -0.05) is 30.3 Å². The summed E-state index contributed by atoms with van der Waals surface area (Å²) in [5, 5.41) is 3.61. The van der Waals surface area contributed by atoms with Gasteiger partial charge in [0.25, 0.3) is 0 Å². The van der Waals surface area contributed by atoms with Crippen LogP contribution in [0, 0.1) is 0 Å². The van der Waals surface area contributed by atoms with Crippen molar-refractivity contribution >= 4 is 12.4 Å². The summed E-state index contributed by atoms with van der Waals surface area (Å²) in [6.07, 6.45) is 4.47. The van der Waals surface area contributed by atoms with E-state index in [0.717, 1.165) is 43.6 Å². The third-order valence-corrected chi connectivity index (χ3v) is 5.43. The van der Waals surface area contributed by atoms with Crippen molar-refractivity contribution in [2.24, 2.45) is 0 Å². The molecule has 0 amide bonds. The zero-order valence-corrected chi connectivity index (χ0v) is 18.8. The number of benzene rings is 1. The molecule has 1 saturated heterocycles. The summed E-state index contributed by atoms with van der Waals surface area (Å²) in [6.45, 7) is 5.38. The number of piperidine rings is 1. The van der Waals surface area contributed by atoms with Gasteiger partial charge >= 0.3 is 0 Å². The molecule has 1 saturated carbocycles. The monoisotopic (exact) mass is 433 g/mol. The van der Waals surface area contributed by atoms with E-state index < -0.39 is 0 Å². The Labute approximate surface area is 185 Å². The Morgan fingerprint density at radius 1 is 1.07 bits per heavy atom. The maximum Gasteiger partial charge on any atom is 0.226 e. The molecule has 4 rings (SSSR count). The maximum absolute atomic E-state index is 6.41. The highest BCUT2D eigenvalue weighted by Gasteiger charge is 2.31. The molecule has 2 aliphatic rings. The van der Waals surface area contributed by atoms with Crippen molar-refractivity contribution in [3.05, 3.63) is 47.3 Å². The lowest BCUT2D eigenvalue weighted by Crippen LogP contribution is -2.39. The second-order valence-corrected chi connectivity index (χ2v) is 8.15. The van der Waals surface area contributed by atoms with Crippen LogP contribution in [-0.2, 0) is 11.3 Å². The van der Waals surface area contributed by atoms with E-state index in [2.05, 4.69) is 34.6 Å². The third-order valence-electron chi connectivity index (χ3n) is 5.43. The van der Waals surface area contributed by atoms with Gasteiger partial charge in [-0.05, 0) is 51.6 Å². The highest BCUT2D eigenvalue weighted by Crippen LogP contribution is 2.41. The molecule has 2 heterocycles. The fourth-order valence-corrected chi connectivity index (χ4v) is 3.82. The third kappa shape index (κ3) is 5.42. The second-order valence-electron chi connectivity index (χ2n) is 8.15. The molecule has 1 aliphatic carbocycles.